The molecule has 0 saturated heterocycles. The Hall–Kier alpha value is -1.42. The molecule has 1 aliphatic rings. The van der Waals surface area contributed by atoms with Gasteiger partial charge in [0.2, 0.25) is 6.79 Å². The summed E-state index contributed by atoms with van der Waals surface area (Å²) in [6.45, 7) is 8.54. The molecule has 1 heterocycles. The molecule has 2 rings (SSSR count). The summed E-state index contributed by atoms with van der Waals surface area (Å²) in [5.74, 6) is 1.67. The van der Waals surface area contributed by atoms with Gasteiger partial charge in [-0.05, 0) is 18.6 Å². The van der Waals surface area contributed by atoms with Crippen molar-refractivity contribution in [2.24, 2.45) is 0 Å². The maximum Gasteiger partial charge on any atom is 0.231 e. The van der Waals surface area contributed by atoms with Gasteiger partial charge in [-0.15, -0.1) is 0 Å². The van der Waals surface area contributed by atoms with Crippen LogP contribution in [0, 0.1) is 6.92 Å². The van der Waals surface area contributed by atoms with Crippen molar-refractivity contribution in [1.82, 2.24) is 5.32 Å². The third-order valence-corrected chi connectivity index (χ3v) is 2.71. The minimum Gasteiger partial charge on any atom is -0.454 e. The fourth-order valence-electron chi connectivity index (χ4n) is 1.79. The Bertz CT molecular complexity index is 391. The average molecular weight is 236 g/mol. The van der Waals surface area contributed by atoms with Crippen LogP contribution in [-0.2, 0) is 0 Å². The first kappa shape index (κ1) is 12.0. The summed E-state index contributed by atoms with van der Waals surface area (Å²) in [6, 6.07) is 4.54. The molecule has 1 aromatic rings. The number of fused-ring (bicyclic) bond motifs is 1. The zero-order valence-corrected chi connectivity index (χ0v) is 10.7. The van der Waals surface area contributed by atoms with Gasteiger partial charge in [0.05, 0.1) is 0 Å². The summed E-state index contributed by atoms with van der Waals surface area (Å²) >= 11 is 0. The number of anilines is 1. The van der Waals surface area contributed by atoms with E-state index in [4.69, 9.17) is 9.47 Å². The molecule has 4 nitrogen and oxygen atoms in total. The molecule has 0 saturated carbocycles. The number of nitrogens with one attached hydrogen (secondary N) is 2. The van der Waals surface area contributed by atoms with E-state index in [2.05, 4.69) is 31.4 Å². The van der Waals surface area contributed by atoms with Crippen LogP contribution in [-0.4, -0.2) is 25.9 Å². The van der Waals surface area contributed by atoms with Crippen molar-refractivity contribution in [1.29, 1.82) is 0 Å². The Kier molecular flexibility index (Phi) is 3.74. The Balaban J connectivity index is 1.92. The zero-order chi connectivity index (χ0) is 12.3. The molecule has 0 radical (unpaired) electrons. The first-order valence-electron chi connectivity index (χ1n) is 6.04. The number of aryl methyl sites for hydroxylation is 1. The van der Waals surface area contributed by atoms with E-state index >= 15 is 0 Å². The van der Waals surface area contributed by atoms with E-state index in [1.54, 1.807) is 0 Å². The third-order valence-electron chi connectivity index (χ3n) is 2.71. The first-order chi connectivity index (χ1) is 8.16. The van der Waals surface area contributed by atoms with Crippen molar-refractivity contribution >= 4 is 5.69 Å². The Morgan fingerprint density at radius 3 is 2.59 bits per heavy atom. The molecule has 0 bridgehead atoms. The molecule has 0 atom stereocenters. The normalized spacial score (nSPS) is 13.2. The summed E-state index contributed by atoms with van der Waals surface area (Å²) in [4.78, 5) is 0. The highest BCUT2D eigenvalue weighted by Crippen LogP contribution is 2.36. The molecule has 1 aromatic carbocycles. The molecule has 0 aromatic heterocycles. The number of hydrogen-bond acceptors (Lipinski definition) is 4. The topological polar surface area (TPSA) is 42.5 Å². The SMILES string of the molecule is Cc1cc2c(cc1NCCNC(C)C)OCO2. The molecule has 0 spiro atoms. The first-order valence-corrected chi connectivity index (χ1v) is 6.04. The van der Waals surface area contributed by atoms with Gasteiger partial charge in [-0.2, -0.15) is 0 Å². The highest BCUT2D eigenvalue weighted by molar-refractivity contribution is 5.60. The second kappa shape index (κ2) is 5.27. The van der Waals surface area contributed by atoms with E-state index in [1.807, 2.05) is 12.1 Å². The van der Waals surface area contributed by atoms with Crippen molar-refractivity contribution in [3.63, 3.8) is 0 Å². The van der Waals surface area contributed by atoms with Crippen molar-refractivity contribution in [3.8, 4) is 11.5 Å². The summed E-state index contributed by atoms with van der Waals surface area (Å²) in [5, 5.41) is 6.77. The van der Waals surface area contributed by atoms with Crippen molar-refractivity contribution < 1.29 is 9.47 Å². The molecule has 0 fully saturated rings. The Morgan fingerprint density at radius 1 is 1.18 bits per heavy atom. The van der Waals surface area contributed by atoms with Gasteiger partial charge < -0.3 is 20.1 Å². The molecule has 0 amide bonds. The van der Waals surface area contributed by atoms with Crippen LogP contribution in [0.15, 0.2) is 12.1 Å². The van der Waals surface area contributed by atoms with E-state index in [0.717, 1.165) is 30.3 Å². The second-order valence-electron chi connectivity index (χ2n) is 4.56. The quantitative estimate of drug-likeness (QED) is 0.769. The summed E-state index contributed by atoms with van der Waals surface area (Å²) < 4.78 is 10.7. The molecular formula is C13H20N2O2. The fourth-order valence-corrected chi connectivity index (χ4v) is 1.79. The highest BCUT2D eigenvalue weighted by Gasteiger charge is 2.15. The van der Waals surface area contributed by atoms with Gasteiger partial charge in [0, 0.05) is 30.9 Å². The predicted molar refractivity (Wildman–Crippen MR) is 68.9 cm³/mol. The molecular weight excluding hydrogens is 216 g/mol. The van der Waals surface area contributed by atoms with Crippen LogP contribution in [0.2, 0.25) is 0 Å². The largest absolute Gasteiger partial charge is 0.454 e. The van der Waals surface area contributed by atoms with E-state index in [1.165, 1.54) is 5.56 Å². The van der Waals surface area contributed by atoms with Crippen LogP contribution in [0.25, 0.3) is 0 Å². The second-order valence-corrected chi connectivity index (χ2v) is 4.56. The smallest absolute Gasteiger partial charge is 0.231 e. The molecule has 17 heavy (non-hydrogen) atoms. The highest BCUT2D eigenvalue weighted by atomic mass is 16.7. The average Bonchev–Trinajstić information content (AvgIpc) is 2.71. The number of ether oxygens (including phenoxy) is 2. The monoisotopic (exact) mass is 236 g/mol. The van der Waals surface area contributed by atoms with Gasteiger partial charge in [-0.1, -0.05) is 13.8 Å². The van der Waals surface area contributed by atoms with Crippen LogP contribution in [0.5, 0.6) is 11.5 Å². The summed E-state index contributed by atoms with van der Waals surface area (Å²) in [7, 11) is 0. The van der Waals surface area contributed by atoms with Gasteiger partial charge in [-0.3, -0.25) is 0 Å². The van der Waals surface area contributed by atoms with E-state index in [0.29, 0.717) is 12.8 Å². The van der Waals surface area contributed by atoms with Gasteiger partial charge in [0.25, 0.3) is 0 Å². The van der Waals surface area contributed by atoms with E-state index in [-0.39, 0.29) is 0 Å². The van der Waals surface area contributed by atoms with Crippen LogP contribution in [0.4, 0.5) is 5.69 Å². The number of hydrogen-bond donors (Lipinski definition) is 2. The predicted octanol–water partition coefficient (Wildman–Crippen LogP) is 2.13. The maximum absolute atomic E-state index is 5.36. The molecule has 0 aliphatic carbocycles. The van der Waals surface area contributed by atoms with Crippen molar-refractivity contribution in [2.75, 3.05) is 25.2 Å². The lowest BCUT2D eigenvalue weighted by Crippen LogP contribution is -2.28. The maximum atomic E-state index is 5.36. The summed E-state index contributed by atoms with van der Waals surface area (Å²) in [5.41, 5.74) is 2.29. The third kappa shape index (κ3) is 3.03. The van der Waals surface area contributed by atoms with E-state index < -0.39 is 0 Å². The van der Waals surface area contributed by atoms with E-state index in [9.17, 15) is 0 Å². The van der Waals surface area contributed by atoms with Crippen LogP contribution >= 0.6 is 0 Å². The lowest BCUT2D eigenvalue weighted by Gasteiger charge is -2.12. The van der Waals surface area contributed by atoms with Crippen molar-refractivity contribution in [2.45, 2.75) is 26.8 Å². The Labute approximate surface area is 102 Å². The minimum absolute atomic E-state index is 0.327. The fraction of sp³-hybridized carbons (Fsp3) is 0.538. The van der Waals surface area contributed by atoms with Crippen LogP contribution in [0.1, 0.15) is 19.4 Å². The molecule has 4 heteroatoms. The standard InChI is InChI=1S/C13H20N2O2/c1-9(2)14-4-5-15-11-7-13-12(6-10(11)3)16-8-17-13/h6-7,9,14-15H,4-5,8H2,1-3H3. The number of benzene rings is 1. The molecule has 1 aliphatic heterocycles. The lowest BCUT2D eigenvalue weighted by molar-refractivity contribution is 0.174. The van der Waals surface area contributed by atoms with Crippen LogP contribution < -0.4 is 20.1 Å². The summed E-state index contributed by atoms with van der Waals surface area (Å²) in [6.07, 6.45) is 0. The number of rotatable bonds is 5. The molecule has 2 N–H and O–H groups in total. The zero-order valence-electron chi connectivity index (χ0n) is 10.7. The lowest BCUT2D eigenvalue weighted by atomic mass is 10.1. The van der Waals surface area contributed by atoms with Gasteiger partial charge in [0.1, 0.15) is 0 Å². The van der Waals surface area contributed by atoms with Gasteiger partial charge in [-0.25, -0.2) is 0 Å². The van der Waals surface area contributed by atoms with Crippen LogP contribution in [0.3, 0.4) is 0 Å². The van der Waals surface area contributed by atoms with Gasteiger partial charge >= 0.3 is 0 Å². The molecule has 0 unspecified atom stereocenters. The minimum atomic E-state index is 0.327. The van der Waals surface area contributed by atoms with Crippen molar-refractivity contribution in [3.05, 3.63) is 17.7 Å². The van der Waals surface area contributed by atoms with Gasteiger partial charge in [0.15, 0.2) is 11.5 Å². The molecule has 94 valence electrons. The Morgan fingerprint density at radius 2 is 1.88 bits per heavy atom.